The lowest BCUT2D eigenvalue weighted by atomic mass is 10.1. The largest absolute Gasteiger partial charge is 0.312 e. The Labute approximate surface area is 107 Å². The Balaban J connectivity index is 2.37. The van der Waals surface area contributed by atoms with Gasteiger partial charge in [0.15, 0.2) is 0 Å². The monoisotopic (exact) mass is 251 g/mol. The van der Waals surface area contributed by atoms with Gasteiger partial charge in [0.1, 0.15) is 0 Å². The van der Waals surface area contributed by atoms with Gasteiger partial charge < -0.3 is 5.32 Å². The molecule has 0 radical (unpaired) electrons. The maximum Gasteiger partial charge on any atom is 0.265 e. The van der Waals surface area contributed by atoms with E-state index < -0.39 is 0 Å². The number of nitrogens with zero attached hydrogens (tertiary/aromatic N) is 1. The summed E-state index contributed by atoms with van der Waals surface area (Å²) < 4.78 is 1.32. The summed E-state index contributed by atoms with van der Waals surface area (Å²) in [4.78, 5) is 22.5. The van der Waals surface area contributed by atoms with Gasteiger partial charge in [-0.25, -0.2) is 4.68 Å². The van der Waals surface area contributed by atoms with Crippen LogP contribution in [0.1, 0.15) is 26.7 Å². The highest BCUT2D eigenvalue weighted by molar-refractivity contribution is 4.89. The van der Waals surface area contributed by atoms with Crippen LogP contribution in [0.5, 0.6) is 0 Å². The molecule has 0 aromatic carbocycles. The van der Waals surface area contributed by atoms with Crippen LogP contribution in [0.25, 0.3) is 0 Å². The number of hydrogen-bond donors (Lipinski definition) is 2. The summed E-state index contributed by atoms with van der Waals surface area (Å²) in [5.41, 5.74) is 0.725. The van der Waals surface area contributed by atoms with Crippen LogP contribution >= 0.6 is 0 Å². The van der Waals surface area contributed by atoms with Crippen LogP contribution < -0.4 is 16.4 Å². The molecule has 0 spiro atoms. The number of rotatable bonds is 7. The van der Waals surface area contributed by atoms with Gasteiger partial charge >= 0.3 is 0 Å². The fourth-order valence-corrected chi connectivity index (χ4v) is 1.62. The van der Waals surface area contributed by atoms with E-state index in [-0.39, 0.29) is 11.1 Å². The highest BCUT2D eigenvalue weighted by Crippen LogP contribution is 2.03. The number of nitrogens with one attached hydrogen (secondary N) is 2. The van der Waals surface area contributed by atoms with E-state index in [0.29, 0.717) is 19.1 Å². The lowest BCUT2D eigenvalue weighted by molar-refractivity contribution is 0.464. The summed E-state index contributed by atoms with van der Waals surface area (Å²) in [7, 11) is 0. The minimum Gasteiger partial charge on any atom is -0.312 e. The van der Waals surface area contributed by atoms with Crippen molar-refractivity contribution in [1.29, 1.82) is 0 Å². The van der Waals surface area contributed by atoms with Crippen LogP contribution in [0, 0.1) is 0 Å². The molecule has 1 rings (SSSR count). The molecule has 1 atom stereocenters. The minimum atomic E-state index is -0.259. The second-order valence-corrected chi connectivity index (χ2v) is 4.65. The Bertz CT molecular complexity index is 501. The van der Waals surface area contributed by atoms with E-state index in [9.17, 15) is 9.59 Å². The maximum absolute atomic E-state index is 11.4. The van der Waals surface area contributed by atoms with E-state index in [2.05, 4.69) is 23.9 Å². The molecule has 1 aromatic rings. The summed E-state index contributed by atoms with van der Waals surface area (Å²) in [6.45, 7) is 9.09. The first-order valence-corrected chi connectivity index (χ1v) is 6.17. The molecule has 18 heavy (non-hydrogen) atoms. The fourth-order valence-electron chi connectivity index (χ4n) is 1.62. The predicted molar refractivity (Wildman–Crippen MR) is 72.8 cm³/mol. The molecule has 0 saturated carbocycles. The number of allylic oxidation sites excluding steroid dienone is 1. The molecule has 5 nitrogen and oxygen atoms in total. The second kappa shape index (κ2) is 6.96. The van der Waals surface area contributed by atoms with Crippen molar-refractivity contribution in [3.05, 3.63) is 45.0 Å². The Morgan fingerprint density at radius 3 is 2.89 bits per heavy atom. The standard InChI is InChI=1S/C13H21N3O2/c1-10(2)4-5-11(3)14-8-9-16-13(18)7-6-12(17)15-16/h6-7,11,14H,1,4-5,8-9H2,2-3H3,(H,15,17)/t11-/m1/s1. The van der Waals surface area contributed by atoms with Crippen LogP contribution in [0.4, 0.5) is 0 Å². The van der Waals surface area contributed by atoms with Crippen molar-refractivity contribution in [3.63, 3.8) is 0 Å². The average molecular weight is 251 g/mol. The summed E-state index contributed by atoms with van der Waals surface area (Å²) in [6, 6.07) is 2.89. The zero-order valence-electron chi connectivity index (χ0n) is 11.0. The summed E-state index contributed by atoms with van der Waals surface area (Å²) in [6.07, 6.45) is 2.02. The first kappa shape index (κ1) is 14.4. The molecule has 0 aliphatic rings. The first-order chi connectivity index (χ1) is 8.49. The number of H-pyrrole nitrogens is 1. The molecule has 0 fully saturated rings. The van der Waals surface area contributed by atoms with E-state index in [4.69, 9.17) is 0 Å². The van der Waals surface area contributed by atoms with Crippen molar-refractivity contribution in [2.24, 2.45) is 0 Å². The third-order valence-corrected chi connectivity index (χ3v) is 2.72. The van der Waals surface area contributed by atoms with E-state index in [1.807, 2.05) is 6.92 Å². The normalized spacial score (nSPS) is 12.3. The number of aromatic nitrogens is 2. The van der Waals surface area contributed by atoms with Crippen molar-refractivity contribution in [2.75, 3.05) is 6.54 Å². The third-order valence-electron chi connectivity index (χ3n) is 2.72. The fraction of sp³-hybridized carbons (Fsp3) is 0.538. The van der Waals surface area contributed by atoms with Crippen molar-refractivity contribution in [2.45, 2.75) is 39.3 Å². The van der Waals surface area contributed by atoms with Crippen molar-refractivity contribution in [3.8, 4) is 0 Å². The van der Waals surface area contributed by atoms with E-state index >= 15 is 0 Å². The van der Waals surface area contributed by atoms with Crippen LogP contribution in [-0.4, -0.2) is 22.4 Å². The van der Waals surface area contributed by atoms with Gasteiger partial charge in [0, 0.05) is 24.7 Å². The Kier molecular flexibility index (Phi) is 5.58. The first-order valence-electron chi connectivity index (χ1n) is 6.17. The molecule has 5 heteroatoms. The van der Waals surface area contributed by atoms with Crippen molar-refractivity contribution >= 4 is 0 Å². The Morgan fingerprint density at radius 1 is 1.50 bits per heavy atom. The topological polar surface area (TPSA) is 66.9 Å². The van der Waals surface area contributed by atoms with Gasteiger partial charge in [0.05, 0.1) is 6.54 Å². The van der Waals surface area contributed by atoms with Gasteiger partial charge in [-0.2, -0.15) is 0 Å². The summed E-state index contributed by atoms with van der Waals surface area (Å²) >= 11 is 0. The second-order valence-electron chi connectivity index (χ2n) is 4.65. The third kappa shape index (κ3) is 5.14. The minimum absolute atomic E-state index is 0.189. The van der Waals surface area contributed by atoms with Crippen molar-refractivity contribution in [1.82, 2.24) is 15.1 Å². The van der Waals surface area contributed by atoms with Gasteiger partial charge in [-0.15, -0.1) is 6.58 Å². The van der Waals surface area contributed by atoms with Gasteiger partial charge in [-0.05, 0) is 26.7 Å². The van der Waals surface area contributed by atoms with Crippen LogP contribution in [-0.2, 0) is 6.54 Å². The molecule has 2 N–H and O–H groups in total. The van der Waals surface area contributed by atoms with Crippen LogP contribution in [0.3, 0.4) is 0 Å². The van der Waals surface area contributed by atoms with Crippen LogP contribution in [0.15, 0.2) is 33.9 Å². The van der Waals surface area contributed by atoms with Gasteiger partial charge in [-0.3, -0.25) is 14.7 Å². The zero-order chi connectivity index (χ0) is 13.5. The maximum atomic E-state index is 11.4. The lowest BCUT2D eigenvalue weighted by Gasteiger charge is -2.14. The quantitative estimate of drug-likeness (QED) is 0.707. The Morgan fingerprint density at radius 2 is 2.22 bits per heavy atom. The SMILES string of the molecule is C=C(C)CC[C@@H](C)NCCn1[nH]c(=O)ccc1=O. The molecule has 0 unspecified atom stereocenters. The molecular weight excluding hydrogens is 230 g/mol. The summed E-state index contributed by atoms with van der Waals surface area (Å²) in [5, 5.41) is 5.80. The van der Waals surface area contributed by atoms with E-state index in [1.165, 1.54) is 22.4 Å². The highest BCUT2D eigenvalue weighted by atomic mass is 16.1. The number of aromatic amines is 1. The molecule has 1 heterocycles. The molecule has 0 amide bonds. The van der Waals surface area contributed by atoms with Gasteiger partial charge in [0.25, 0.3) is 11.1 Å². The van der Waals surface area contributed by atoms with Crippen LogP contribution in [0.2, 0.25) is 0 Å². The van der Waals surface area contributed by atoms with Crippen molar-refractivity contribution < 1.29 is 0 Å². The summed E-state index contributed by atoms with van der Waals surface area (Å²) in [5.74, 6) is 0. The molecule has 1 aromatic heterocycles. The molecule has 0 aliphatic heterocycles. The number of hydrogen-bond acceptors (Lipinski definition) is 3. The van der Waals surface area contributed by atoms with E-state index in [1.54, 1.807) is 0 Å². The molecule has 0 aliphatic carbocycles. The van der Waals surface area contributed by atoms with Gasteiger partial charge in [-0.1, -0.05) is 5.57 Å². The lowest BCUT2D eigenvalue weighted by Crippen LogP contribution is -2.35. The molecule has 0 bridgehead atoms. The molecular formula is C13H21N3O2. The van der Waals surface area contributed by atoms with Gasteiger partial charge in [0.2, 0.25) is 0 Å². The molecule has 100 valence electrons. The smallest absolute Gasteiger partial charge is 0.265 e. The predicted octanol–water partition coefficient (Wildman–Crippen LogP) is 0.871. The highest BCUT2D eigenvalue weighted by Gasteiger charge is 2.02. The molecule has 0 saturated heterocycles. The Hall–Kier alpha value is -1.62. The average Bonchev–Trinajstić information content (AvgIpc) is 2.31. The zero-order valence-corrected chi connectivity index (χ0v) is 11.0. The van der Waals surface area contributed by atoms with E-state index in [0.717, 1.165) is 12.8 Å².